The first-order valence-electron chi connectivity index (χ1n) is 10.4. The highest BCUT2D eigenvalue weighted by atomic mass is 16.2. The molecule has 2 heteroatoms. The molecule has 0 spiro atoms. The van der Waals surface area contributed by atoms with E-state index in [1.165, 1.54) is 50.5 Å². The monoisotopic (exact) mass is 337 g/mol. The lowest BCUT2D eigenvalue weighted by molar-refractivity contribution is -0.161. The Morgan fingerprint density at radius 3 is 2.28 bits per heavy atom. The highest BCUT2D eigenvalue weighted by Crippen LogP contribution is 2.66. The molecule has 134 valence electrons. The first-order valence-corrected chi connectivity index (χ1v) is 10.4. The third kappa shape index (κ3) is 2.47. The second kappa shape index (κ2) is 5.59. The van der Waals surface area contributed by atoms with E-state index in [-0.39, 0.29) is 10.8 Å². The van der Waals surface area contributed by atoms with Crippen LogP contribution in [0.25, 0.3) is 0 Å². The van der Waals surface area contributed by atoms with E-state index in [4.69, 9.17) is 0 Å². The van der Waals surface area contributed by atoms with Crippen molar-refractivity contribution in [3.05, 3.63) is 35.9 Å². The minimum atomic E-state index is -0.0412. The molecule has 1 aliphatic heterocycles. The van der Waals surface area contributed by atoms with E-state index in [9.17, 15) is 4.79 Å². The van der Waals surface area contributed by atoms with E-state index in [0.717, 1.165) is 37.3 Å². The molecule has 5 fully saturated rings. The van der Waals surface area contributed by atoms with Crippen LogP contribution in [0.3, 0.4) is 0 Å². The molecule has 1 saturated heterocycles. The number of nitrogens with zero attached hydrogens (tertiary/aromatic N) is 1. The lowest BCUT2D eigenvalue weighted by Crippen LogP contribution is -2.60. The van der Waals surface area contributed by atoms with E-state index in [1.807, 2.05) is 0 Å². The van der Waals surface area contributed by atoms with Crippen molar-refractivity contribution in [2.45, 2.75) is 63.7 Å². The first kappa shape index (κ1) is 15.9. The molecule has 4 bridgehead atoms. The van der Waals surface area contributed by atoms with Crippen LogP contribution in [-0.4, -0.2) is 23.9 Å². The number of piperidine rings is 1. The van der Waals surface area contributed by atoms with Gasteiger partial charge in [0.1, 0.15) is 0 Å². The lowest BCUT2D eigenvalue weighted by atomic mass is 9.42. The maximum Gasteiger partial charge on any atom is 0.228 e. The van der Waals surface area contributed by atoms with Crippen LogP contribution in [0.15, 0.2) is 30.3 Å². The number of hydrogen-bond donors (Lipinski definition) is 0. The molecule has 1 heterocycles. The summed E-state index contributed by atoms with van der Waals surface area (Å²) in [6.45, 7) is 4.32. The summed E-state index contributed by atoms with van der Waals surface area (Å²) in [5, 5.41) is 0. The fourth-order valence-electron chi connectivity index (χ4n) is 7.19. The molecular weight excluding hydrogens is 306 g/mol. The van der Waals surface area contributed by atoms with Gasteiger partial charge in [0.25, 0.3) is 0 Å². The summed E-state index contributed by atoms with van der Waals surface area (Å²) < 4.78 is 0. The summed E-state index contributed by atoms with van der Waals surface area (Å²) in [5.41, 5.74) is 1.75. The highest BCUT2D eigenvalue weighted by Gasteiger charge is 2.61. The number of hydrogen-bond acceptors (Lipinski definition) is 1. The van der Waals surface area contributed by atoms with Gasteiger partial charge in [-0.15, -0.1) is 0 Å². The van der Waals surface area contributed by atoms with Gasteiger partial charge in [-0.2, -0.15) is 0 Å². The summed E-state index contributed by atoms with van der Waals surface area (Å²) in [5.74, 6) is 2.85. The van der Waals surface area contributed by atoms with Crippen molar-refractivity contribution in [2.24, 2.45) is 23.2 Å². The number of likely N-dealkylation sites (tertiary alicyclic amines) is 1. The van der Waals surface area contributed by atoms with Gasteiger partial charge in [0.15, 0.2) is 0 Å². The number of carbonyl (C=O) groups excluding carboxylic acids is 1. The topological polar surface area (TPSA) is 20.3 Å². The van der Waals surface area contributed by atoms with Gasteiger partial charge in [0.2, 0.25) is 5.91 Å². The molecule has 1 amide bonds. The average molecular weight is 338 g/mol. The number of rotatable bonds is 2. The Morgan fingerprint density at radius 2 is 1.64 bits per heavy atom. The molecule has 0 aromatic heterocycles. The van der Waals surface area contributed by atoms with E-state index < -0.39 is 0 Å². The van der Waals surface area contributed by atoms with Crippen molar-refractivity contribution < 1.29 is 4.79 Å². The van der Waals surface area contributed by atoms with Crippen molar-refractivity contribution in [2.75, 3.05) is 13.1 Å². The van der Waals surface area contributed by atoms with Crippen LogP contribution in [-0.2, 0) is 10.2 Å². The largest absolute Gasteiger partial charge is 0.342 e. The summed E-state index contributed by atoms with van der Waals surface area (Å²) in [4.78, 5) is 15.9. The summed E-state index contributed by atoms with van der Waals surface area (Å²) in [7, 11) is 0. The quantitative estimate of drug-likeness (QED) is 0.760. The van der Waals surface area contributed by atoms with Crippen molar-refractivity contribution in [1.82, 2.24) is 4.90 Å². The molecule has 25 heavy (non-hydrogen) atoms. The van der Waals surface area contributed by atoms with Crippen LogP contribution in [0.4, 0.5) is 0 Å². The third-order valence-electron chi connectivity index (χ3n) is 7.97. The number of carbonyl (C=O) groups is 1. The smallest absolute Gasteiger partial charge is 0.228 e. The van der Waals surface area contributed by atoms with Crippen LogP contribution < -0.4 is 0 Å². The van der Waals surface area contributed by atoms with Crippen molar-refractivity contribution in [3.63, 3.8) is 0 Å². The minimum absolute atomic E-state index is 0.0412. The molecule has 2 nitrogen and oxygen atoms in total. The summed E-state index contributed by atoms with van der Waals surface area (Å²) in [6.07, 6.45) is 9.85. The fraction of sp³-hybridized carbons (Fsp3) is 0.696. The lowest BCUT2D eigenvalue weighted by Gasteiger charge is -2.62. The molecule has 0 unspecified atom stereocenters. The van der Waals surface area contributed by atoms with Crippen LogP contribution in [0.5, 0.6) is 0 Å². The van der Waals surface area contributed by atoms with Gasteiger partial charge >= 0.3 is 0 Å². The standard InChI is InChI=1S/C23H31NO/c1-17-7-9-24(10-8-17)21(25)23-14-18-11-19(15-23)13-22(12-18,16-23)20-5-3-2-4-6-20/h2-6,17-19H,7-16H2,1H3/t18-,19-,22?,23?/m0/s1. The van der Waals surface area contributed by atoms with Crippen LogP contribution in [0, 0.1) is 23.2 Å². The van der Waals surface area contributed by atoms with Gasteiger partial charge in [0.05, 0.1) is 5.41 Å². The zero-order chi connectivity index (χ0) is 17.1. The van der Waals surface area contributed by atoms with E-state index in [0.29, 0.717) is 5.91 Å². The predicted octanol–water partition coefficient (Wildman–Crippen LogP) is 4.78. The predicted molar refractivity (Wildman–Crippen MR) is 100 cm³/mol. The van der Waals surface area contributed by atoms with Gasteiger partial charge in [-0.3, -0.25) is 4.79 Å². The Kier molecular flexibility index (Phi) is 3.56. The fourth-order valence-corrected chi connectivity index (χ4v) is 7.19. The zero-order valence-electron chi connectivity index (χ0n) is 15.5. The molecular formula is C23H31NO. The van der Waals surface area contributed by atoms with Gasteiger partial charge in [0, 0.05) is 13.1 Å². The third-order valence-corrected chi connectivity index (χ3v) is 7.97. The second-order valence-electron chi connectivity index (χ2n) is 9.86. The Balaban J connectivity index is 1.47. The van der Waals surface area contributed by atoms with Crippen LogP contribution in [0.2, 0.25) is 0 Å². The van der Waals surface area contributed by atoms with E-state index >= 15 is 0 Å². The van der Waals surface area contributed by atoms with Gasteiger partial charge in [-0.05, 0) is 80.1 Å². The summed E-state index contributed by atoms with van der Waals surface area (Å²) >= 11 is 0. The molecule has 4 aliphatic carbocycles. The molecule has 2 atom stereocenters. The van der Waals surface area contributed by atoms with Crippen LogP contribution >= 0.6 is 0 Å². The zero-order valence-corrected chi connectivity index (χ0v) is 15.5. The molecule has 1 aromatic carbocycles. The Morgan fingerprint density at radius 1 is 1.00 bits per heavy atom. The van der Waals surface area contributed by atoms with Crippen LogP contribution in [0.1, 0.15) is 63.9 Å². The van der Waals surface area contributed by atoms with Gasteiger partial charge in [-0.1, -0.05) is 37.3 Å². The SMILES string of the molecule is CC1CCN(C(=O)C23C[C@H]4C[C@H](C2)CC(c2ccccc2)(C4)C3)CC1. The Labute approximate surface area is 152 Å². The van der Waals surface area contributed by atoms with Crippen molar-refractivity contribution in [3.8, 4) is 0 Å². The maximum absolute atomic E-state index is 13.7. The highest BCUT2D eigenvalue weighted by molar-refractivity contribution is 5.83. The molecule has 6 rings (SSSR count). The molecule has 5 aliphatic rings. The number of amides is 1. The molecule has 0 radical (unpaired) electrons. The van der Waals surface area contributed by atoms with Gasteiger partial charge in [-0.25, -0.2) is 0 Å². The number of benzene rings is 1. The Bertz CT molecular complexity index is 644. The summed E-state index contributed by atoms with van der Waals surface area (Å²) in [6, 6.07) is 11.2. The normalized spacial score (nSPS) is 40.4. The van der Waals surface area contributed by atoms with E-state index in [2.05, 4.69) is 42.2 Å². The van der Waals surface area contributed by atoms with E-state index in [1.54, 1.807) is 0 Å². The van der Waals surface area contributed by atoms with Crippen molar-refractivity contribution in [1.29, 1.82) is 0 Å². The van der Waals surface area contributed by atoms with Crippen molar-refractivity contribution >= 4 is 5.91 Å². The molecule has 0 N–H and O–H groups in total. The minimum Gasteiger partial charge on any atom is -0.342 e. The van der Waals surface area contributed by atoms with Gasteiger partial charge < -0.3 is 4.90 Å². The second-order valence-corrected chi connectivity index (χ2v) is 9.86. The Hall–Kier alpha value is -1.31. The average Bonchev–Trinajstić information content (AvgIpc) is 2.61. The maximum atomic E-state index is 13.7. The molecule has 1 aromatic rings. The first-order chi connectivity index (χ1) is 12.1. The molecule has 4 saturated carbocycles.